The summed E-state index contributed by atoms with van der Waals surface area (Å²) < 4.78 is 5.11. The summed E-state index contributed by atoms with van der Waals surface area (Å²) in [6.45, 7) is 0.485. The largest absolute Gasteiger partial charge is 0.481 e. The predicted octanol–water partition coefficient (Wildman–Crippen LogP) is 3.43. The number of benzene rings is 2. The van der Waals surface area contributed by atoms with Gasteiger partial charge in [-0.1, -0.05) is 36.4 Å². The van der Waals surface area contributed by atoms with Gasteiger partial charge in [0.2, 0.25) is 5.91 Å². The maximum absolute atomic E-state index is 12.4. The lowest BCUT2D eigenvalue weighted by Crippen LogP contribution is -2.31. The van der Waals surface area contributed by atoms with Crippen LogP contribution in [0.3, 0.4) is 0 Å². The molecule has 0 saturated heterocycles. The van der Waals surface area contributed by atoms with Gasteiger partial charge in [0, 0.05) is 12.0 Å². The minimum Gasteiger partial charge on any atom is -0.481 e. The fraction of sp³-hybridized carbons (Fsp3) is 0.300. The summed E-state index contributed by atoms with van der Waals surface area (Å²) in [6, 6.07) is 14.6. The number of ether oxygens (including phenoxy) is 1. The summed E-state index contributed by atoms with van der Waals surface area (Å²) in [6.07, 6.45) is 2.01. The number of amides is 1. The van der Waals surface area contributed by atoms with E-state index in [0.29, 0.717) is 6.61 Å². The van der Waals surface area contributed by atoms with Crippen LogP contribution in [0.2, 0.25) is 0 Å². The van der Waals surface area contributed by atoms with Gasteiger partial charge in [0.05, 0.1) is 25.5 Å². The number of methoxy groups -OCH3 is 1. The summed E-state index contributed by atoms with van der Waals surface area (Å²) in [4.78, 5) is 24.7. The van der Waals surface area contributed by atoms with Crippen LogP contribution in [-0.2, 0) is 27.4 Å². The Morgan fingerprint density at radius 2 is 1.85 bits per heavy atom. The number of rotatable bonds is 9. The Bertz CT molecular complexity index is 746. The molecule has 2 aromatic carbocycles. The third-order valence-corrected chi connectivity index (χ3v) is 4.64. The van der Waals surface area contributed by atoms with Crippen LogP contribution in [0, 0.1) is 0 Å². The second kappa shape index (κ2) is 9.99. The molecule has 2 aromatic rings. The second-order valence-corrected chi connectivity index (χ2v) is 6.80. The van der Waals surface area contributed by atoms with E-state index in [2.05, 4.69) is 5.32 Å². The van der Waals surface area contributed by atoms with E-state index in [-0.39, 0.29) is 18.7 Å². The molecule has 2 rings (SSSR count). The van der Waals surface area contributed by atoms with Gasteiger partial charge in [-0.2, -0.15) is 0 Å². The molecule has 138 valence electrons. The van der Waals surface area contributed by atoms with Gasteiger partial charge in [-0.15, -0.1) is 11.8 Å². The van der Waals surface area contributed by atoms with Crippen molar-refractivity contribution >= 4 is 23.6 Å². The van der Waals surface area contributed by atoms with Gasteiger partial charge in [-0.3, -0.25) is 9.59 Å². The zero-order chi connectivity index (χ0) is 18.9. The molecule has 0 aliphatic rings. The minimum absolute atomic E-state index is 0.159. The van der Waals surface area contributed by atoms with Crippen molar-refractivity contribution in [3.8, 4) is 0 Å². The first-order chi connectivity index (χ1) is 12.5. The molecule has 1 amide bonds. The lowest BCUT2D eigenvalue weighted by atomic mass is 10.0. The standard InChI is InChI=1S/C20H23NO4S/c1-25-13-15-5-3-4-14(10-15)11-19(22)21-18(12-20(23)24)16-6-8-17(26-2)9-7-16/h3-10,18H,11-13H2,1-2H3,(H,21,22)(H,23,24). The highest BCUT2D eigenvalue weighted by Gasteiger charge is 2.18. The topological polar surface area (TPSA) is 75.6 Å². The fourth-order valence-electron chi connectivity index (χ4n) is 2.69. The van der Waals surface area contributed by atoms with E-state index in [1.54, 1.807) is 18.9 Å². The molecular weight excluding hydrogens is 350 g/mol. The maximum Gasteiger partial charge on any atom is 0.305 e. The van der Waals surface area contributed by atoms with Gasteiger partial charge in [-0.25, -0.2) is 0 Å². The number of hydrogen-bond donors (Lipinski definition) is 2. The van der Waals surface area contributed by atoms with E-state index in [1.807, 2.05) is 54.8 Å². The van der Waals surface area contributed by atoms with Gasteiger partial charge in [0.15, 0.2) is 0 Å². The lowest BCUT2D eigenvalue weighted by Gasteiger charge is -2.18. The minimum atomic E-state index is -0.952. The van der Waals surface area contributed by atoms with Gasteiger partial charge < -0.3 is 15.2 Å². The Labute approximate surface area is 157 Å². The average molecular weight is 373 g/mol. The number of aliphatic carboxylic acids is 1. The lowest BCUT2D eigenvalue weighted by molar-refractivity contribution is -0.137. The quantitative estimate of drug-likeness (QED) is 0.659. The Balaban J connectivity index is 2.08. The van der Waals surface area contributed by atoms with E-state index in [0.717, 1.165) is 21.6 Å². The van der Waals surface area contributed by atoms with E-state index >= 15 is 0 Å². The molecule has 0 radical (unpaired) electrons. The SMILES string of the molecule is COCc1cccc(CC(=O)NC(CC(=O)O)c2ccc(SC)cc2)c1. The average Bonchev–Trinajstić information content (AvgIpc) is 2.61. The molecule has 2 N–H and O–H groups in total. The molecule has 5 nitrogen and oxygen atoms in total. The molecule has 6 heteroatoms. The second-order valence-electron chi connectivity index (χ2n) is 5.92. The first kappa shape index (κ1) is 20.0. The number of carboxylic acid groups (broad SMARTS) is 1. The van der Waals surface area contributed by atoms with Crippen molar-refractivity contribution in [1.29, 1.82) is 0 Å². The van der Waals surface area contributed by atoms with Gasteiger partial charge in [0.1, 0.15) is 0 Å². The zero-order valence-corrected chi connectivity index (χ0v) is 15.7. The zero-order valence-electron chi connectivity index (χ0n) is 14.9. The van der Waals surface area contributed by atoms with Crippen LogP contribution in [0.1, 0.15) is 29.2 Å². The molecule has 0 aromatic heterocycles. The van der Waals surface area contributed by atoms with Crippen LogP contribution >= 0.6 is 11.8 Å². The van der Waals surface area contributed by atoms with Crippen LogP contribution in [0.25, 0.3) is 0 Å². The molecule has 0 fully saturated rings. The van der Waals surface area contributed by atoms with Crippen molar-refractivity contribution in [2.24, 2.45) is 0 Å². The molecule has 0 saturated carbocycles. The Morgan fingerprint density at radius 1 is 1.15 bits per heavy atom. The van der Waals surface area contributed by atoms with Crippen LogP contribution < -0.4 is 5.32 Å². The third-order valence-electron chi connectivity index (χ3n) is 3.90. The molecule has 26 heavy (non-hydrogen) atoms. The number of carbonyl (C=O) groups is 2. The molecule has 0 heterocycles. The molecule has 0 aliphatic carbocycles. The van der Waals surface area contributed by atoms with Crippen LogP contribution in [0.15, 0.2) is 53.4 Å². The highest BCUT2D eigenvalue weighted by atomic mass is 32.2. The van der Waals surface area contributed by atoms with Gasteiger partial charge >= 0.3 is 5.97 Å². The normalized spacial score (nSPS) is 11.8. The summed E-state index contributed by atoms with van der Waals surface area (Å²) in [5.74, 6) is -1.16. The van der Waals surface area contributed by atoms with Gasteiger partial charge in [-0.05, 0) is 35.1 Å². The van der Waals surface area contributed by atoms with E-state index in [4.69, 9.17) is 4.74 Å². The van der Waals surface area contributed by atoms with Crippen molar-refractivity contribution in [3.05, 3.63) is 65.2 Å². The molecule has 1 atom stereocenters. The maximum atomic E-state index is 12.4. The molecule has 0 aliphatic heterocycles. The highest BCUT2D eigenvalue weighted by Crippen LogP contribution is 2.21. The smallest absolute Gasteiger partial charge is 0.305 e. The van der Waals surface area contributed by atoms with Crippen molar-refractivity contribution in [2.75, 3.05) is 13.4 Å². The Morgan fingerprint density at radius 3 is 2.46 bits per heavy atom. The van der Waals surface area contributed by atoms with Gasteiger partial charge in [0.25, 0.3) is 0 Å². The summed E-state index contributed by atoms with van der Waals surface area (Å²) in [7, 11) is 1.62. The third kappa shape index (κ3) is 6.20. The van der Waals surface area contributed by atoms with Crippen LogP contribution in [0.5, 0.6) is 0 Å². The summed E-state index contributed by atoms with van der Waals surface area (Å²) >= 11 is 1.61. The van der Waals surface area contributed by atoms with Crippen LogP contribution in [0.4, 0.5) is 0 Å². The summed E-state index contributed by atoms with van der Waals surface area (Å²) in [5.41, 5.74) is 2.64. The first-order valence-electron chi connectivity index (χ1n) is 8.23. The number of carbonyl (C=O) groups excluding carboxylic acids is 1. The highest BCUT2D eigenvalue weighted by molar-refractivity contribution is 7.98. The Hall–Kier alpha value is -2.31. The number of carboxylic acids is 1. The first-order valence-corrected chi connectivity index (χ1v) is 9.46. The van der Waals surface area contributed by atoms with Crippen molar-refractivity contribution in [1.82, 2.24) is 5.32 Å². The number of hydrogen-bond acceptors (Lipinski definition) is 4. The van der Waals surface area contributed by atoms with Crippen molar-refractivity contribution < 1.29 is 19.4 Å². The monoisotopic (exact) mass is 373 g/mol. The van der Waals surface area contributed by atoms with Crippen LogP contribution in [-0.4, -0.2) is 30.3 Å². The van der Waals surface area contributed by atoms with Crippen molar-refractivity contribution in [2.45, 2.75) is 30.4 Å². The molecule has 0 spiro atoms. The summed E-state index contributed by atoms with van der Waals surface area (Å²) in [5, 5.41) is 12.0. The molecule has 0 bridgehead atoms. The van der Waals surface area contributed by atoms with Crippen molar-refractivity contribution in [3.63, 3.8) is 0 Å². The van der Waals surface area contributed by atoms with E-state index in [9.17, 15) is 14.7 Å². The Kier molecular flexibility index (Phi) is 7.69. The predicted molar refractivity (Wildman–Crippen MR) is 102 cm³/mol. The molecule has 1 unspecified atom stereocenters. The number of nitrogens with one attached hydrogen (secondary N) is 1. The van der Waals surface area contributed by atoms with E-state index < -0.39 is 12.0 Å². The molecular formula is C20H23NO4S. The van der Waals surface area contributed by atoms with E-state index in [1.165, 1.54) is 0 Å². The number of thioether (sulfide) groups is 1. The fourth-order valence-corrected chi connectivity index (χ4v) is 3.10.